The predicted octanol–water partition coefficient (Wildman–Crippen LogP) is 3.80. The van der Waals surface area contributed by atoms with Gasteiger partial charge in [0.15, 0.2) is 0 Å². The Bertz CT molecular complexity index is 1270. The fourth-order valence-electron chi connectivity index (χ4n) is 3.00. The molecule has 1 amide bonds. The van der Waals surface area contributed by atoms with Crippen molar-refractivity contribution in [1.82, 2.24) is 19.2 Å². The molecule has 2 aromatic heterocycles. The first-order valence-corrected chi connectivity index (χ1v) is 10.1. The van der Waals surface area contributed by atoms with E-state index < -0.39 is 0 Å². The number of aryl methyl sites for hydroxylation is 1. The minimum absolute atomic E-state index is 0.121. The Morgan fingerprint density at radius 3 is 2.83 bits per heavy atom. The predicted molar refractivity (Wildman–Crippen MR) is 115 cm³/mol. The van der Waals surface area contributed by atoms with Gasteiger partial charge in [-0.1, -0.05) is 53.6 Å². The lowest BCUT2D eigenvalue weighted by Crippen LogP contribution is -2.32. The fourth-order valence-corrected chi connectivity index (χ4v) is 4.00. The third kappa shape index (κ3) is 4.06. The number of amides is 1. The van der Waals surface area contributed by atoms with Gasteiger partial charge in [0.2, 0.25) is 5.91 Å². The third-order valence-corrected chi connectivity index (χ3v) is 5.68. The van der Waals surface area contributed by atoms with Gasteiger partial charge in [0, 0.05) is 17.1 Å². The monoisotopic (exact) mass is 424 g/mol. The molecule has 29 heavy (non-hydrogen) atoms. The topological polar surface area (TPSA) is 76.9 Å². The number of rotatable bonds is 5. The first kappa shape index (κ1) is 19.3. The van der Waals surface area contributed by atoms with Gasteiger partial charge in [-0.3, -0.25) is 14.2 Å². The number of hydrogen-bond donors (Lipinski definition) is 1. The molecule has 4 rings (SSSR count). The van der Waals surface area contributed by atoms with Crippen LogP contribution in [0.25, 0.3) is 21.5 Å². The van der Waals surface area contributed by atoms with E-state index in [-0.39, 0.29) is 18.0 Å². The third-order valence-electron chi connectivity index (χ3n) is 4.49. The Balaban J connectivity index is 1.54. The Hall–Kier alpha value is -3.03. The fraction of sp³-hybridized carbons (Fsp3) is 0.143. The number of nitrogens with zero attached hydrogens (tertiary/aromatic N) is 3. The Morgan fingerprint density at radius 2 is 2.03 bits per heavy atom. The maximum Gasteiger partial charge on any atom is 0.273 e. The average molecular weight is 425 g/mol. The Labute approximate surface area is 176 Å². The second-order valence-corrected chi connectivity index (χ2v) is 7.80. The molecule has 0 aliphatic rings. The van der Waals surface area contributed by atoms with Crippen molar-refractivity contribution in [1.29, 1.82) is 0 Å². The van der Waals surface area contributed by atoms with Crippen LogP contribution in [0.3, 0.4) is 0 Å². The molecule has 1 N–H and O–H groups in total. The summed E-state index contributed by atoms with van der Waals surface area (Å²) >= 11 is 7.20. The van der Waals surface area contributed by atoms with Crippen LogP contribution < -0.4 is 10.9 Å². The molecule has 6 nitrogen and oxygen atoms in total. The molecule has 146 valence electrons. The van der Waals surface area contributed by atoms with E-state index in [1.807, 2.05) is 49.4 Å². The summed E-state index contributed by atoms with van der Waals surface area (Å²) < 4.78 is 6.15. The van der Waals surface area contributed by atoms with Crippen molar-refractivity contribution >= 4 is 39.3 Å². The van der Waals surface area contributed by atoms with E-state index in [0.29, 0.717) is 27.5 Å². The van der Waals surface area contributed by atoms with Gasteiger partial charge in [-0.15, -0.1) is 0 Å². The first-order valence-electron chi connectivity index (χ1n) is 8.95. The summed E-state index contributed by atoms with van der Waals surface area (Å²) in [7, 11) is 0. The quantitative estimate of drug-likeness (QED) is 0.528. The second kappa shape index (κ2) is 8.14. The summed E-state index contributed by atoms with van der Waals surface area (Å²) in [6, 6.07) is 15.2. The average Bonchev–Trinajstić information content (AvgIpc) is 3.14. The summed E-state index contributed by atoms with van der Waals surface area (Å²) in [5, 5.41) is 3.36. The van der Waals surface area contributed by atoms with Gasteiger partial charge in [-0.2, -0.15) is 4.37 Å². The highest BCUT2D eigenvalue weighted by atomic mass is 35.5. The van der Waals surface area contributed by atoms with Gasteiger partial charge in [0.25, 0.3) is 5.56 Å². The molecule has 0 aliphatic heterocycles. The molecular weight excluding hydrogens is 408 g/mol. The first-order chi connectivity index (χ1) is 14.0. The highest BCUT2D eigenvalue weighted by molar-refractivity contribution is 7.13. The van der Waals surface area contributed by atoms with Crippen molar-refractivity contribution < 1.29 is 4.79 Å². The van der Waals surface area contributed by atoms with E-state index in [1.165, 1.54) is 10.9 Å². The molecule has 0 spiro atoms. The van der Waals surface area contributed by atoms with Gasteiger partial charge >= 0.3 is 0 Å². The van der Waals surface area contributed by atoms with Crippen molar-refractivity contribution in [3.05, 3.63) is 81.4 Å². The van der Waals surface area contributed by atoms with E-state index in [9.17, 15) is 9.59 Å². The molecule has 8 heteroatoms. The summed E-state index contributed by atoms with van der Waals surface area (Å²) in [5.41, 5.74) is 3.79. The van der Waals surface area contributed by atoms with E-state index in [0.717, 1.165) is 28.2 Å². The summed E-state index contributed by atoms with van der Waals surface area (Å²) in [6.45, 7) is 2.17. The van der Waals surface area contributed by atoms with Crippen LogP contribution in [0.1, 0.15) is 11.1 Å². The summed E-state index contributed by atoms with van der Waals surface area (Å²) in [4.78, 5) is 29.5. The zero-order valence-corrected chi connectivity index (χ0v) is 17.1. The molecule has 2 heterocycles. The van der Waals surface area contributed by atoms with E-state index in [4.69, 9.17) is 11.6 Å². The second-order valence-electron chi connectivity index (χ2n) is 6.62. The van der Waals surface area contributed by atoms with E-state index in [1.54, 1.807) is 6.07 Å². The molecular formula is C21H17ClN4O2S. The molecule has 0 atom stereocenters. The molecule has 0 saturated carbocycles. The maximum absolute atomic E-state index is 12.8. The van der Waals surface area contributed by atoms with Crippen LogP contribution in [-0.2, 0) is 17.9 Å². The summed E-state index contributed by atoms with van der Waals surface area (Å²) in [5.74, 6) is -0.295. The smallest absolute Gasteiger partial charge is 0.273 e. The molecule has 2 aromatic carbocycles. The van der Waals surface area contributed by atoms with Crippen molar-refractivity contribution in [2.45, 2.75) is 20.0 Å². The van der Waals surface area contributed by atoms with Gasteiger partial charge in [0.05, 0.1) is 6.33 Å². The highest BCUT2D eigenvalue weighted by Crippen LogP contribution is 2.27. The van der Waals surface area contributed by atoms with Gasteiger partial charge in [0.1, 0.15) is 22.5 Å². The lowest BCUT2D eigenvalue weighted by atomic mass is 10.1. The number of halogens is 1. The Kier molecular flexibility index (Phi) is 5.42. The van der Waals surface area contributed by atoms with Crippen molar-refractivity contribution in [3.8, 4) is 11.3 Å². The lowest BCUT2D eigenvalue weighted by molar-refractivity contribution is -0.121. The molecule has 0 unspecified atom stereocenters. The minimum Gasteiger partial charge on any atom is -0.350 e. The summed E-state index contributed by atoms with van der Waals surface area (Å²) in [6.07, 6.45) is 1.40. The normalized spacial score (nSPS) is 11.0. The molecule has 0 bridgehead atoms. The van der Waals surface area contributed by atoms with E-state index >= 15 is 0 Å². The van der Waals surface area contributed by atoms with Gasteiger partial charge < -0.3 is 5.32 Å². The molecule has 0 fully saturated rings. The van der Waals surface area contributed by atoms with Crippen molar-refractivity contribution in [2.75, 3.05) is 0 Å². The van der Waals surface area contributed by atoms with E-state index in [2.05, 4.69) is 14.7 Å². The minimum atomic E-state index is -0.295. The standard InChI is InChI=1S/C21H17ClN4O2S/c1-13-5-4-7-14(9-13)18-19-20(29-25-18)21(28)26(12-24-19)11-17(27)23-10-15-6-2-3-8-16(15)22/h2-9,12H,10-11H2,1H3,(H,23,27). The Morgan fingerprint density at radius 1 is 1.21 bits per heavy atom. The number of carbonyl (C=O) groups excluding carboxylic acids is 1. The number of aromatic nitrogens is 3. The van der Waals surface area contributed by atoms with Gasteiger partial charge in [-0.05, 0) is 36.2 Å². The van der Waals surface area contributed by atoms with Crippen molar-refractivity contribution in [2.24, 2.45) is 0 Å². The maximum atomic E-state index is 12.8. The molecule has 4 aromatic rings. The van der Waals surface area contributed by atoms with Gasteiger partial charge in [-0.25, -0.2) is 4.98 Å². The molecule has 0 aliphatic carbocycles. The molecule has 0 saturated heterocycles. The SMILES string of the molecule is Cc1cccc(-c2nsc3c(=O)n(CC(=O)NCc4ccccc4Cl)cnc23)c1. The van der Waals surface area contributed by atoms with Crippen LogP contribution in [-0.4, -0.2) is 19.8 Å². The highest BCUT2D eigenvalue weighted by Gasteiger charge is 2.15. The van der Waals surface area contributed by atoms with Crippen molar-refractivity contribution in [3.63, 3.8) is 0 Å². The zero-order valence-electron chi connectivity index (χ0n) is 15.6. The number of benzene rings is 2. The largest absolute Gasteiger partial charge is 0.350 e. The molecule has 0 radical (unpaired) electrons. The van der Waals surface area contributed by atoms with Crippen LogP contribution in [0.5, 0.6) is 0 Å². The number of carbonyl (C=O) groups is 1. The van der Waals surface area contributed by atoms with Crippen LogP contribution in [0, 0.1) is 6.92 Å². The number of hydrogen-bond acceptors (Lipinski definition) is 5. The van der Waals surface area contributed by atoms with Crippen LogP contribution in [0.2, 0.25) is 5.02 Å². The van der Waals surface area contributed by atoms with Crippen LogP contribution in [0.4, 0.5) is 0 Å². The van der Waals surface area contributed by atoms with Crippen LogP contribution in [0.15, 0.2) is 59.7 Å². The number of fused-ring (bicyclic) bond motifs is 1. The van der Waals surface area contributed by atoms with Crippen LogP contribution >= 0.6 is 23.1 Å². The lowest BCUT2D eigenvalue weighted by Gasteiger charge is -2.08. The number of nitrogens with one attached hydrogen (secondary N) is 1. The zero-order chi connectivity index (χ0) is 20.4.